The summed E-state index contributed by atoms with van der Waals surface area (Å²) in [6, 6.07) is 12.3. The Labute approximate surface area is 154 Å². The third kappa shape index (κ3) is 6.39. The van der Waals surface area contributed by atoms with Gasteiger partial charge in [-0.1, -0.05) is 33.6 Å². The zero-order chi connectivity index (χ0) is 18.2. The standard InChI is InChI=1S/C18H18BrN3O3/c1-12-2-5-15(6-3-12)21-17(24)8-9-18(25)22-20-11-13-10-14(19)4-7-16(13)23/h2-7,10-11,23H,8-9H2,1H3,(H,21,24)(H,22,25)/b20-11+. The highest BCUT2D eigenvalue weighted by molar-refractivity contribution is 9.10. The first kappa shape index (κ1) is 18.7. The van der Waals surface area contributed by atoms with E-state index in [2.05, 4.69) is 31.8 Å². The molecule has 0 aromatic heterocycles. The number of phenols is 1. The van der Waals surface area contributed by atoms with Gasteiger partial charge in [-0.05, 0) is 37.3 Å². The molecule has 0 spiro atoms. The number of hydrazone groups is 1. The molecule has 0 saturated carbocycles. The smallest absolute Gasteiger partial charge is 0.240 e. The lowest BCUT2D eigenvalue weighted by Crippen LogP contribution is -2.20. The average molecular weight is 404 g/mol. The maximum atomic E-state index is 11.8. The van der Waals surface area contributed by atoms with Gasteiger partial charge in [-0.25, -0.2) is 5.43 Å². The summed E-state index contributed by atoms with van der Waals surface area (Å²) in [6.45, 7) is 1.96. The second-order valence-corrected chi connectivity index (χ2v) is 6.33. The van der Waals surface area contributed by atoms with E-state index in [1.807, 2.05) is 31.2 Å². The van der Waals surface area contributed by atoms with Crippen LogP contribution in [0.15, 0.2) is 52.0 Å². The summed E-state index contributed by atoms with van der Waals surface area (Å²) in [5.74, 6) is -0.573. The zero-order valence-corrected chi connectivity index (χ0v) is 15.2. The Morgan fingerprint density at radius 3 is 2.52 bits per heavy atom. The number of carbonyl (C=O) groups is 2. The Hall–Kier alpha value is -2.67. The number of nitrogens with zero attached hydrogens (tertiary/aromatic N) is 1. The number of carbonyl (C=O) groups excluding carboxylic acids is 2. The summed E-state index contributed by atoms with van der Waals surface area (Å²) < 4.78 is 0.783. The molecule has 2 amide bonds. The summed E-state index contributed by atoms with van der Waals surface area (Å²) in [5.41, 5.74) is 4.59. The first-order chi connectivity index (χ1) is 11.9. The van der Waals surface area contributed by atoms with Crippen LogP contribution < -0.4 is 10.7 Å². The van der Waals surface area contributed by atoms with Crippen LogP contribution in [0.25, 0.3) is 0 Å². The lowest BCUT2D eigenvalue weighted by Gasteiger charge is -2.05. The minimum atomic E-state index is -0.384. The van der Waals surface area contributed by atoms with E-state index < -0.39 is 0 Å². The molecular weight excluding hydrogens is 386 g/mol. The number of hydrogen-bond acceptors (Lipinski definition) is 4. The minimum absolute atomic E-state index is 0.0134. The van der Waals surface area contributed by atoms with Gasteiger partial charge in [0.25, 0.3) is 0 Å². The maximum Gasteiger partial charge on any atom is 0.240 e. The Morgan fingerprint density at radius 2 is 1.80 bits per heavy atom. The predicted molar refractivity (Wildman–Crippen MR) is 101 cm³/mol. The van der Waals surface area contributed by atoms with Gasteiger partial charge < -0.3 is 10.4 Å². The number of aromatic hydroxyl groups is 1. The van der Waals surface area contributed by atoms with E-state index in [1.54, 1.807) is 12.1 Å². The van der Waals surface area contributed by atoms with Crippen molar-refractivity contribution in [1.29, 1.82) is 0 Å². The van der Waals surface area contributed by atoms with Gasteiger partial charge in [-0.3, -0.25) is 9.59 Å². The highest BCUT2D eigenvalue weighted by Crippen LogP contribution is 2.19. The Bertz CT molecular complexity index is 789. The largest absolute Gasteiger partial charge is 0.507 e. The monoisotopic (exact) mass is 403 g/mol. The molecule has 6 nitrogen and oxygen atoms in total. The molecule has 7 heteroatoms. The van der Waals surface area contributed by atoms with Crippen LogP contribution >= 0.6 is 15.9 Å². The Morgan fingerprint density at radius 1 is 1.12 bits per heavy atom. The van der Waals surface area contributed by atoms with Gasteiger partial charge in [0.2, 0.25) is 11.8 Å². The highest BCUT2D eigenvalue weighted by Gasteiger charge is 2.07. The van der Waals surface area contributed by atoms with Gasteiger partial charge in [0.1, 0.15) is 5.75 Å². The van der Waals surface area contributed by atoms with Crippen LogP contribution in [0.2, 0.25) is 0 Å². The molecule has 0 saturated heterocycles. The summed E-state index contributed by atoms with van der Waals surface area (Å²) >= 11 is 3.28. The van der Waals surface area contributed by atoms with E-state index in [4.69, 9.17) is 0 Å². The predicted octanol–water partition coefficient (Wildman–Crippen LogP) is 3.33. The summed E-state index contributed by atoms with van der Waals surface area (Å²) in [7, 11) is 0. The molecule has 0 bridgehead atoms. The van der Waals surface area contributed by atoms with Gasteiger partial charge in [0, 0.05) is 28.6 Å². The zero-order valence-electron chi connectivity index (χ0n) is 13.6. The van der Waals surface area contributed by atoms with Gasteiger partial charge in [-0.15, -0.1) is 0 Å². The van der Waals surface area contributed by atoms with Crippen LogP contribution in [0, 0.1) is 6.92 Å². The number of amides is 2. The summed E-state index contributed by atoms with van der Waals surface area (Å²) in [6.07, 6.45) is 1.40. The summed E-state index contributed by atoms with van der Waals surface area (Å²) in [4.78, 5) is 23.5. The molecular formula is C18H18BrN3O3. The van der Waals surface area contributed by atoms with Crippen LogP contribution in [0.3, 0.4) is 0 Å². The molecule has 0 unspecified atom stereocenters. The third-order valence-corrected chi connectivity index (χ3v) is 3.79. The highest BCUT2D eigenvalue weighted by atomic mass is 79.9. The SMILES string of the molecule is Cc1ccc(NC(=O)CCC(=O)N/N=C/c2cc(Br)ccc2O)cc1. The number of rotatable bonds is 6. The van der Waals surface area contributed by atoms with E-state index >= 15 is 0 Å². The molecule has 2 aromatic carbocycles. The van der Waals surface area contributed by atoms with Crippen molar-refractivity contribution in [3.8, 4) is 5.75 Å². The van der Waals surface area contributed by atoms with Crippen molar-refractivity contribution in [2.45, 2.75) is 19.8 Å². The Kier molecular flexibility index (Phi) is 6.71. The first-order valence-corrected chi connectivity index (χ1v) is 8.40. The van der Waals surface area contributed by atoms with Gasteiger partial charge in [-0.2, -0.15) is 5.10 Å². The van der Waals surface area contributed by atoms with Gasteiger partial charge in [0.05, 0.1) is 6.21 Å². The molecule has 0 aliphatic rings. The maximum absolute atomic E-state index is 11.8. The molecule has 2 rings (SSSR count). The number of benzene rings is 2. The molecule has 0 aliphatic carbocycles. The van der Waals surface area contributed by atoms with Crippen LogP contribution in [0.4, 0.5) is 5.69 Å². The molecule has 130 valence electrons. The van der Waals surface area contributed by atoms with Crippen LogP contribution in [0.5, 0.6) is 5.75 Å². The normalized spacial score (nSPS) is 10.6. The van der Waals surface area contributed by atoms with Crippen molar-refractivity contribution in [3.63, 3.8) is 0 Å². The molecule has 2 aromatic rings. The second kappa shape index (κ2) is 8.98. The van der Waals surface area contributed by atoms with E-state index in [-0.39, 0.29) is 30.4 Å². The van der Waals surface area contributed by atoms with Crippen LogP contribution in [0.1, 0.15) is 24.0 Å². The van der Waals surface area contributed by atoms with Gasteiger partial charge >= 0.3 is 0 Å². The van der Waals surface area contributed by atoms with Crippen molar-refractivity contribution in [3.05, 3.63) is 58.1 Å². The first-order valence-electron chi connectivity index (χ1n) is 7.61. The number of hydrogen-bond donors (Lipinski definition) is 3. The fourth-order valence-electron chi connectivity index (χ4n) is 1.95. The van der Waals surface area contributed by atoms with E-state index in [0.29, 0.717) is 11.3 Å². The number of phenolic OH excluding ortho intramolecular Hbond substituents is 1. The Balaban J connectivity index is 1.76. The molecule has 0 aliphatic heterocycles. The van der Waals surface area contributed by atoms with Crippen molar-refractivity contribution in [2.75, 3.05) is 5.32 Å². The van der Waals surface area contributed by atoms with Crippen molar-refractivity contribution < 1.29 is 14.7 Å². The fourth-order valence-corrected chi connectivity index (χ4v) is 2.32. The lowest BCUT2D eigenvalue weighted by atomic mass is 10.2. The third-order valence-electron chi connectivity index (χ3n) is 3.30. The summed E-state index contributed by atoms with van der Waals surface area (Å²) in [5, 5.41) is 16.2. The molecule has 25 heavy (non-hydrogen) atoms. The van der Waals surface area contributed by atoms with E-state index in [1.165, 1.54) is 12.3 Å². The average Bonchev–Trinajstić information content (AvgIpc) is 2.58. The molecule has 0 radical (unpaired) electrons. The molecule has 0 fully saturated rings. The lowest BCUT2D eigenvalue weighted by molar-refractivity contribution is -0.124. The minimum Gasteiger partial charge on any atom is -0.507 e. The number of halogens is 1. The topological polar surface area (TPSA) is 90.8 Å². The number of nitrogens with one attached hydrogen (secondary N) is 2. The molecule has 3 N–H and O–H groups in total. The van der Waals surface area contributed by atoms with E-state index in [0.717, 1.165) is 10.0 Å². The number of anilines is 1. The molecule has 0 heterocycles. The van der Waals surface area contributed by atoms with Crippen LogP contribution in [-0.2, 0) is 9.59 Å². The van der Waals surface area contributed by atoms with E-state index in [9.17, 15) is 14.7 Å². The number of aryl methyl sites for hydroxylation is 1. The second-order valence-electron chi connectivity index (χ2n) is 5.41. The van der Waals surface area contributed by atoms with Crippen molar-refractivity contribution in [2.24, 2.45) is 5.10 Å². The van der Waals surface area contributed by atoms with Crippen molar-refractivity contribution in [1.82, 2.24) is 5.43 Å². The van der Waals surface area contributed by atoms with Crippen LogP contribution in [-0.4, -0.2) is 23.1 Å². The quantitative estimate of drug-likeness (QED) is 0.510. The van der Waals surface area contributed by atoms with Gasteiger partial charge in [0.15, 0.2) is 0 Å². The van der Waals surface area contributed by atoms with Crippen molar-refractivity contribution >= 4 is 39.6 Å². The fraction of sp³-hybridized carbons (Fsp3) is 0.167. The molecule has 0 atom stereocenters.